The lowest BCUT2D eigenvalue weighted by Crippen LogP contribution is -2.51. The minimum atomic E-state index is -2.84. The fourth-order valence-electron chi connectivity index (χ4n) is 4.64. The third kappa shape index (κ3) is 3.55. The van der Waals surface area contributed by atoms with Crippen molar-refractivity contribution in [3.63, 3.8) is 0 Å². The zero-order chi connectivity index (χ0) is 23.4. The largest absolute Gasteiger partial charge is 0.325 e. The van der Waals surface area contributed by atoms with Gasteiger partial charge in [0.25, 0.3) is 5.91 Å². The van der Waals surface area contributed by atoms with Gasteiger partial charge < -0.3 is 5.32 Å². The summed E-state index contributed by atoms with van der Waals surface area (Å²) in [6.07, 6.45) is 0.390. The van der Waals surface area contributed by atoms with Crippen molar-refractivity contribution in [1.82, 2.24) is 25.0 Å². The van der Waals surface area contributed by atoms with Gasteiger partial charge in [0.1, 0.15) is 5.54 Å². The Morgan fingerprint density at radius 1 is 1.09 bits per heavy atom. The predicted molar refractivity (Wildman–Crippen MR) is 114 cm³/mol. The van der Waals surface area contributed by atoms with E-state index >= 15 is 0 Å². The van der Waals surface area contributed by atoms with Gasteiger partial charge in [-0.2, -0.15) is 5.10 Å². The highest BCUT2D eigenvalue weighted by Crippen LogP contribution is 2.41. The molecule has 1 aromatic carbocycles. The molecule has 2 aliphatic rings. The van der Waals surface area contributed by atoms with Crippen LogP contribution in [0.1, 0.15) is 41.7 Å². The van der Waals surface area contributed by atoms with Crippen LogP contribution in [0.25, 0.3) is 16.7 Å². The number of Topliss-reactive ketones (excluding diaryl/α,β-unsaturated/α-hetero) is 1. The van der Waals surface area contributed by atoms with Crippen molar-refractivity contribution in [3.8, 4) is 5.69 Å². The number of fused-ring (bicyclic) bond motifs is 1. The van der Waals surface area contributed by atoms with Crippen LogP contribution >= 0.6 is 0 Å². The number of amides is 3. The van der Waals surface area contributed by atoms with Crippen molar-refractivity contribution in [3.05, 3.63) is 53.9 Å². The summed E-state index contributed by atoms with van der Waals surface area (Å²) in [6.45, 7) is 1.49. The zero-order valence-electron chi connectivity index (χ0n) is 17.8. The van der Waals surface area contributed by atoms with Crippen LogP contribution in [0, 0.1) is 6.92 Å². The molecule has 3 aromatic rings. The van der Waals surface area contributed by atoms with Crippen LogP contribution < -0.4 is 5.32 Å². The van der Waals surface area contributed by atoms with E-state index in [1.54, 1.807) is 30.5 Å². The molecule has 1 aliphatic carbocycles. The molecular formula is C23H21F2N5O3. The topological polar surface area (TPSA) is 97.2 Å². The molecule has 10 heteroatoms. The standard InChI is InChI=1S/C23H21F2N5O3/c1-14-12-16-6-11-26-28-19(16)30(14)17-4-2-15(3-5-17)18(31)13-29-20(32)22(27-21(29)33)7-9-23(24,25)10-8-22/h2-6,11-12H,7-10,13H2,1H3,(H,27,33). The molecule has 33 heavy (non-hydrogen) atoms. The van der Waals surface area contributed by atoms with Gasteiger partial charge in [0.2, 0.25) is 5.92 Å². The van der Waals surface area contributed by atoms with Crippen LogP contribution in [0.2, 0.25) is 0 Å². The van der Waals surface area contributed by atoms with E-state index in [0.29, 0.717) is 11.2 Å². The van der Waals surface area contributed by atoms with Crippen molar-refractivity contribution < 1.29 is 23.2 Å². The summed E-state index contributed by atoms with van der Waals surface area (Å²) in [5.74, 6) is -3.87. The van der Waals surface area contributed by atoms with Gasteiger partial charge in [-0.05, 0) is 56.2 Å². The monoisotopic (exact) mass is 453 g/mol. The highest BCUT2D eigenvalue weighted by atomic mass is 19.3. The van der Waals surface area contributed by atoms with E-state index in [9.17, 15) is 23.2 Å². The highest BCUT2D eigenvalue weighted by Gasteiger charge is 2.55. The molecule has 3 amide bonds. The molecule has 2 fully saturated rings. The zero-order valence-corrected chi connectivity index (χ0v) is 17.8. The Hall–Kier alpha value is -3.69. The molecule has 2 aromatic heterocycles. The molecule has 0 radical (unpaired) electrons. The fraction of sp³-hybridized carbons (Fsp3) is 0.348. The van der Waals surface area contributed by atoms with Gasteiger partial charge in [-0.3, -0.25) is 19.1 Å². The molecular weight excluding hydrogens is 432 g/mol. The number of halogens is 2. The number of aromatic nitrogens is 3. The first-order valence-corrected chi connectivity index (χ1v) is 10.6. The first kappa shape index (κ1) is 21.2. The van der Waals surface area contributed by atoms with Gasteiger partial charge in [-0.1, -0.05) is 0 Å². The van der Waals surface area contributed by atoms with Crippen LogP contribution in [0.4, 0.5) is 13.6 Å². The Labute approximate surface area is 187 Å². The third-order valence-corrected chi connectivity index (χ3v) is 6.49. The lowest BCUT2D eigenvalue weighted by atomic mass is 9.80. The normalized spacial score (nSPS) is 19.3. The maximum atomic E-state index is 13.5. The van der Waals surface area contributed by atoms with E-state index in [2.05, 4.69) is 15.5 Å². The van der Waals surface area contributed by atoms with Crippen LogP contribution in [0.3, 0.4) is 0 Å². The predicted octanol–water partition coefficient (Wildman–Crippen LogP) is 3.41. The molecule has 3 heterocycles. The van der Waals surface area contributed by atoms with E-state index in [4.69, 9.17) is 0 Å². The minimum absolute atomic E-state index is 0.142. The summed E-state index contributed by atoms with van der Waals surface area (Å²) in [5.41, 5.74) is 1.42. The summed E-state index contributed by atoms with van der Waals surface area (Å²) >= 11 is 0. The molecule has 1 saturated heterocycles. The molecule has 1 aliphatic heterocycles. The number of imide groups is 1. The maximum Gasteiger partial charge on any atom is 0.325 e. The Morgan fingerprint density at radius 2 is 1.79 bits per heavy atom. The van der Waals surface area contributed by atoms with Crippen molar-refractivity contribution in [1.29, 1.82) is 0 Å². The van der Waals surface area contributed by atoms with Crippen molar-refractivity contribution in [2.24, 2.45) is 0 Å². The average Bonchev–Trinajstić information content (AvgIpc) is 3.24. The number of aryl methyl sites for hydroxylation is 1. The maximum absolute atomic E-state index is 13.5. The van der Waals surface area contributed by atoms with Gasteiger partial charge in [0, 0.05) is 35.2 Å². The number of carbonyl (C=O) groups is 3. The number of rotatable bonds is 4. The Morgan fingerprint density at radius 3 is 2.48 bits per heavy atom. The number of urea groups is 1. The SMILES string of the molecule is Cc1cc2ccnnc2n1-c1ccc(C(=O)CN2C(=O)NC3(CCC(F)(F)CC3)C2=O)cc1. The van der Waals surface area contributed by atoms with Crippen LogP contribution in [0.15, 0.2) is 42.6 Å². The lowest BCUT2D eigenvalue weighted by molar-refractivity contribution is -0.135. The van der Waals surface area contributed by atoms with Gasteiger partial charge in [0.05, 0.1) is 12.7 Å². The summed E-state index contributed by atoms with van der Waals surface area (Å²) < 4.78 is 29.0. The Bertz CT molecular complexity index is 1270. The van der Waals surface area contributed by atoms with Crippen molar-refractivity contribution >= 4 is 28.8 Å². The second-order valence-corrected chi connectivity index (χ2v) is 8.66. The molecule has 0 atom stereocenters. The van der Waals surface area contributed by atoms with E-state index < -0.39 is 48.6 Å². The molecule has 5 rings (SSSR count). The van der Waals surface area contributed by atoms with Crippen molar-refractivity contribution in [2.45, 2.75) is 44.1 Å². The summed E-state index contributed by atoms with van der Waals surface area (Å²) in [6, 6.07) is 9.88. The summed E-state index contributed by atoms with van der Waals surface area (Å²) in [5, 5.41) is 11.6. The number of alkyl halides is 2. The quantitative estimate of drug-likeness (QED) is 0.482. The third-order valence-electron chi connectivity index (χ3n) is 6.49. The van der Waals surface area contributed by atoms with E-state index in [1.807, 2.05) is 23.6 Å². The second kappa shape index (κ2) is 7.43. The Kier molecular flexibility index (Phi) is 4.77. The summed E-state index contributed by atoms with van der Waals surface area (Å²) in [4.78, 5) is 38.9. The first-order chi connectivity index (χ1) is 15.7. The number of carbonyl (C=O) groups excluding carboxylic acids is 3. The van der Waals surface area contributed by atoms with Gasteiger partial charge >= 0.3 is 6.03 Å². The van der Waals surface area contributed by atoms with E-state index in [0.717, 1.165) is 21.7 Å². The lowest BCUT2D eigenvalue weighted by Gasteiger charge is -2.34. The number of hydrogen-bond donors (Lipinski definition) is 1. The molecule has 1 N–H and O–H groups in total. The number of hydrogen-bond acceptors (Lipinski definition) is 5. The van der Waals surface area contributed by atoms with Gasteiger partial charge in [-0.25, -0.2) is 13.6 Å². The number of nitrogens with one attached hydrogen (secondary N) is 1. The number of benzene rings is 1. The molecule has 8 nitrogen and oxygen atoms in total. The minimum Gasteiger partial charge on any atom is -0.323 e. The molecule has 1 spiro atoms. The summed E-state index contributed by atoms with van der Waals surface area (Å²) in [7, 11) is 0. The fourth-order valence-corrected chi connectivity index (χ4v) is 4.64. The smallest absolute Gasteiger partial charge is 0.323 e. The number of nitrogens with zero attached hydrogens (tertiary/aromatic N) is 4. The average molecular weight is 453 g/mol. The molecule has 0 bridgehead atoms. The second-order valence-electron chi connectivity index (χ2n) is 8.66. The van der Waals surface area contributed by atoms with Gasteiger partial charge in [-0.15, -0.1) is 5.10 Å². The van der Waals surface area contributed by atoms with Crippen LogP contribution in [-0.2, 0) is 4.79 Å². The van der Waals surface area contributed by atoms with E-state index in [-0.39, 0.29) is 12.8 Å². The van der Waals surface area contributed by atoms with Gasteiger partial charge in [0.15, 0.2) is 11.4 Å². The molecule has 0 unspecified atom stereocenters. The Balaban J connectivity index is 1.33. The van der Waals surface area contributed by atoms with Crippen LogP contribution in [0.5, 0.6) is 0 Å². The number of ketones is 1. The first-order valence-electron chi connectivity index (χ1n) is 10.6. The van der Waals surface area contributed by atoms with Crippen LogP contribution in [-0.4, -0.2) is 55.4 Å². The van der Waals surface area contributed by atoms with E-state index in [1.165, 1.54) is 0 Å². The molecule has 170 valence electrons. The van der Waals surface area contributed by atoms with Crippen molar-refractivity contribution in [2.75, 3.05) is 6.54 Å². The highest BCUT2D eigenvalue weighted by molar-refractivity contribution is 6.11. The molecule has 1 saturated carbocycles.